The van der Waals surface area contributed by atoms with Gasteiger partial charge in [0.25, 0.3) is 0 Å². The minimum Gasteiger partial charge on any atom is -0.419 e. The zero-order chi connectivity index (χ0) is 10.7. The molecule has 0 saturated carbocycles. The Morgan fingerprint density at radius 2 is 2.33 bits per heavy atom. The standard InChI is InChI=1S/C9H9ClN4O/c1-11-5-8-13-14-9(15-8)6-2-3-12-4-7(6)10/h2-4,11H,5H2,1H3. The highest BCUT2D eigenvalue weighted by atomic mass is 35.5. The predicted molar refractivity (Wildman–Crippen MR) is 55.3 cm³/mol. The van der Waals surface area contributed by atoms with E-state index >= 15 is 0 Å². The van der Waals surface area contributed by atoms with Gasteiger partial charge >= 0.3 is 0 Å². The normalized spacial score (nSPS) is 10.5. The summed E-state index contributed by atoms with van der Waals surface area (Å²) in [7, 11) is 1.81. The number of aromatic nitrogens is 3. The number of pyridine rings is 1. The highest BCUT2D eigenvalue weighted by Crippen LogP contribution is 2.25. The van der Waals surface area contributed by atoms with Crippen molar-refractivity contribution in [2.75, 3.05) is 7.05 Å². The first-order chi connectivity index (χ1) is 7.31. The van der Waals surface area contributed by atoms with E-state index in [0.717, 1.165) is 0 Å². The molecule has 2 heterocycles. The van der Waals surface area contributed by atoms with E-state index in [1.165, 1.54) is 0 Å². The van der Waals surface area contributed by atoms with Crippen molar-refractivity contribution in [3.63, 3.8) is 0 Å². The predicted octanol–water partition coefficient (Wildman–Crippen LogP) is 1.50. The number of hydrogen-bond acceptors (Lipinski definition) is 5. The van der Waals surface area contributed by atoms with Gasteiger partial charge in [-0.15, -0.1) is 10.2 Å². The van der Waals surface area contributed by atoms with Gasteiger partial charge < -0.3 is 9.73 Å². The maximum atomic E-state index is 5.94. The molecule has 15 heavy (non-hydrogen) atoms. The highest BCUT2D eigenvalue weighted by molar-refractivity contribution is 6.32. The minimum absolute atomic E-state index is 0.410. The van der Waals surface area contributed by atoms with Crippen molar-refractivity contribution in [3.8, 4) is 11.5 Å². The molecule has 0 bridgehead atoms. The van der Waals surface area contributed by atoms with Crippen LogP contribution in [0.2, 0.25) is 5.02 Å². The van der Waals surface area contributed by atoms with Crippen LogP contribution in [0.5, 0.6) is 0 Å². The largest absolute Gasteiger partial charge is 0.419 e. The number of nitrogens with zero attached hydrogens (tertiary/aromatic N) is 3. The van der Waals surface area contributed by atoms with Crippen molar-refractivity contribution >= 4 is 11.6 Å². The van der Waals surface area contributed by atoms with Gasteiger partial charge in [-0.05, 0) is 13.1 Å². The van der Waals surface area contributed by atoms with Gasteiger partial charge in [0.2, 0.25) is 11.8 Å². The van der Waals surface area contributed by atoms with Crippen LogP contribution in [0.3, 0.4) is 0 Å². The maximum absolute atomic E-state index is 5.94. The Morgan fingerprint density at radius 3 is 3.07 bits per heavy atom. The van der Waals surface area contributed by atoms with E-state index in [1.54, 1.807) is 18.5 Å². The van der Waals surface area contributed by atoms with Gasteiger partial charge in [0.1, 0.15) is 0 Å². The molecule has 78 valence electrons. The topological polar surface area (TPSA) is 63.8 Å². The van der Waals surface area contributed by atoms with E-state index in [9.17, 15) is 0 Å². The zero-order valence-corrected chi connectivity index (χ0v) is 8.82. The number of nitrogens with one attached hydrogen (secondary N) is 1. The van der Waals surface area contributed by atoms with Crippen LogP contribution in [0.15, 0.2) is 22.9 Å². The van der Waals surface area contributed by atoms with Gasteiger partial charge in [0, 0.05) is 12.4 Å². The summed E-state index contributed by atoms with van der Waals surface area (Å²) >= 11 is 5.94. The Balaban J connectivity index is 2.33. The van der Waals surface area contributed by atoms with Gasteiger partial charge in [0.05, 0.1) is 17.1 Å². The molecule has 0 aliphatic heterocycles. The molecule has 0 amide bonds. The summed E-state index contributed by atoms with van der Waals surface area (Å²) < 4.78 is 5.39. The lowest BCUT2D eigenvalue weighted by Gasteiger charge is -1.96. The maximum Gasteiger partial charge on any atom is 0.249 e. The molecule has 0 spiro atoms. The highest BCUT2D eigenvalue weighted by Gasteiger charge is 2.10. The Bertz CT molecular complexity index is 457. The molecule has 5 nitrogen and oxygen atoms in total. The van der Waals surface area contributed by atoms with Crippen LogP contribution in [0.4, 0.5) is 0 Å². The fourth-order valence-corrected chi connectivity index (χ4v) is 1.33. The molecule has 0 saturated heterocycles. The second-order valence-electron chi connectivity index (χ2n) is 2.89. The monoisotopic (exact) mass is 224 g/mol. The van der Waals surface area contributed by atoms with Crippen LogP contribution in [-0.4, -0.2) is 22.2 Å². The van der Waals surface area contributed by atoms with Crippen molar-refractivity contribution in [3.05, 3.63) is 29.4 Å². The molecular weight excluding hydrogens is 216 g/mol. The Hall–Kier alpha value is -1.46. The van der Waals surface area contributed by atoms with Crippen LogP contribution in [-0.2, 0) is 6.54 Å². The summed E-state index contributed by atoms with van der Waals surface area (Å²) in [6.07, 6.45) is 3.17. The average Bonchev–Trinajstić information content (AvgIpc) is 2.68. The van der Waals surface area contributed by atoms with Crippen LogP contribution < -0.4 is 5.32 Å². The Labute approximate surface area is 91.5 Å². The third-order valence-electron chi connectivity index (χ3n) is 1.80. The quantitative estimate of drug-likeness (QED) is 0.856. The van der Waals surface area contributed by atoms with Gasteiger partial charge in [0.15, 0.2) is 0 Å². The summed E-state index contributed by atoms with van der Waals surface area (Å²) in [4.78, 5) is 3.88. The summed E-state index contributed by atoms with van der Waals surface area (Å²) in [6, 6.07) is 1.74. The molecule has 0 fully saturated rings. The van der Waals surface area contributed by atoms with Crippen LogP contribution in [0.1, 0.15) is 5.89 Å². The van der Waals surface area contributed by atoms with Crippen molar-refractivity contribution in [1.82, 2.24) is 20.5 Å². The van der Waals surface area contributed by atoms with Crippen molar-refractivity contribution in [1.29, 1.82) is 0 Å². The second-order valence-corrected chi connectivity index (χ2v) is 3.29. The van der Waals surface area contributed by atoms with E-state index in [0.29, 0.717) is 28.9 Å². The number of halogens is 1. The third kappa shape index (κ3) is 2.14. The zero-order valence-electron chi connectivity index (χ0n) is 8.07. The SMILES string of the molecule is CNCc1nnc(-c2ccncc2Cl)o1. The molecule has 0 aromatic carbocycles. The molecule has 2 aromatic heterocycles. The second kappa shape index (κ2) is 4.37. The average molecular weight is 225 g/mol. The number of hydrogen-bond donors (Lipinski definition) is 1. The van der Waals surface area contributed by atoms with Gasteiger partial charge in [-0.1, -0.05) is 11.6 Å². The summed E-state index contributed by atoms with van der Waals surface area (Å²) in [6.45, 7) is 0.537. The molecule has 0 aliphatic rings. The van der Waals surface area contributed by atoms with Crippen LogP contribution in [0.25, 0.3) is 11.5 Å². The summed E-state index contributed by atoms with van der Waals surface area (Å²) in [5, 5.41) is 11.2. The van der Waals surface area contributed by atoms with Gasteiger partial charge in [-0.25, -0.2) is 0 Å². The fraction of sp³-hybridized carbons (Fsp3) is 0.222. The van der Waals surface area contributed by atoms with Crippen LogP contribution >= 0.6 is 11.6 Å². The van der Waals surface area contributed by atoms with E-state index in [2.05, 4.69) is 20.5 Å². The Morgan fingerprint density at radius 1 is 1.47 bits per heavy atom. The molecule has 0 aliphatic carbocycles. The smallest absolute Gasteiger partial charge is 0.249 e. The minimum atomic E-state index is 0.410. The lowest BCUT2D eigenvalue weighted by atomic mass is 10.3. The van der Waals surface area contributed by atoms with Crippen molar-refractivity contribution < 1.29 is 4.42 Å². The van der Waals surface area contributed by atoms with E-state index in [1.807, 2.05) is 7.05 Å². The molecule has 2 rings (SSSR count). The lowest BCUT2D eigenvalue weighted by Crippen LogP contribution is -2.04. The molecule has 6 heteroatoms. The third-order valence-corrected chi connectivity index (χ3v) is 2.10. The van der Waals surface area contributed by atoms with E-state index in [-0.39, 0.29) is 0 Å². The first kappa shape index (κ1) is 10.1. The Kier molecular flexibility index (Phi) is 2.94. The lowest BCUT2D eigenvalue weighted by molar-refractivity contribution is 0.490. The first-order valence-corrected chi connectivity index (χ1v) is 4.76. The van der Waals surface area contributed by atoms with Crippen LogP contribution in [0, 0.1) is 0 Å². The van der Waals surface area contributed by atoms with E-state index in [4.69, 9.17) is 16.0 Å². The molecule has 0 unspecified atom stereocenters. The van der Waals surface area contributed by atoms with Gasteiger partial charge in [-0.2, -0.15) is 0 Å². The number of rotatable bonds is 3. The van der Waals surface area contributed by atoms with Crippen molar-refractivity contribution in [2.45, 2.75) is 6.54 Å². The fourth-order valence-electron chi connectivity index (χ4n) is 1.13. The molecule has 2 aromatic rings. The first-order valence-electron chi connectivity index (χ1n) is 4.38. The molecule has 0 atom stereocenters. The van der Waals surface area contributed by atoms with Gasteiger partial charge in [-0.3, -0.25) is 4.98 Å². The molecule has 0 radical (unpaired) electrons. The molecular formula is C9H9ClN4O. The summed E-state index contributed by atoms with van der Waals surface area (Å²) in [5.41, 5.74) is 0.696. The molecule has 1 N–H and O–H groups in total. The van der Waals surface area contributed by atoms with Crippen molar-refractivity contribution in [2.24, 2.45) is 0 Å². The van der Waals surface area contributed by atoms with E-state index < -0.39 is 0 Å². The summed E-state index contributed by atoms with van der Waals surface area (Å²) in [5.74, 6) is 0.938.